The summed E-state index contributed by atoms with van der Waals surface area (Å²) < 4.78 is 24.8. The van der Waals surface area contributed by atoms with Gasteiger partial charge >= 0.3 is 0 Å². The van der Waals surface area contributed by atoms with Crippen molar-refractivity contribution >= 4 is 23.0 Å². The predicted molar refractivity (Wildman–Crippen MR) is 205 cm³/mol. The summed E-state index contributed by atoms with van der Waals surface area (Å²) in [6.45, 7) is 10.1. The highest BCUT2D eigenvalue weighted by atomic mass is 19.3. The predicted octanol–water partition coefficient (Wildman–Crippen LogP) is 8.87. The number of anilines is 1. The Bertz CT molecular complexity index is 2070. The zero-order chi connectivity index (χ0) is 36.5. The average Bonchev–Trinajstić information content (AvgIpc) is 3.65. The summed E-state index contributed by atoms with van der Waals surface area (Å²) in [5.41, 5.74) is 6.60. The molecule has 3 aliphatic rings. The van der Waals surface area contributed by atoms with E-state index in [0.717, 1.165) is 80.7 Å². The zero-order valence-electron chi connectivity index (χ0n) is 30.8. The molecule has 1 atom stereocenters. The second kappa shape index (κ2) is 14.8. The van der Waals surface area contributed by atoms with Gasteiger partial charge in [-0.25, -0.2) is 4.98 Å². The molecular formula is C43H48FN5O4. The van der Waals surface area contributed by atoms with Crippen LogP contribution >= 0.6 is 0 Å². The number of ether oxygens (including phenoxy) is 2. The number of hydrogen-bond donors (Lipinski definition) is 1. The van der Waals surface area contributed by atoms with Crippen LogP contribution in [0.2, 0.25) is 0 Å². The Hall–Kier alpha value is -4.93. The Morgan fingerprint density at radius 3 is 2.57 bits per heavy atom. The molecule has 3 aromatic carbocycles. The van der Waals surface area contributed by atoms with E-state index in [-0.39, 0.29) is 11.8 Å². The minimum absolute atomic E-state index is 0.117. The van der Waals surface area contributed by atoms with Crippen LogP contribution in [0.15, 0.2) is 85.2 Å². The van der Waals surface area contributed by atoms with Crippen LogP contribution in [0.1, 0.15) is 78.5 Å². The molecule has 1 unspecified atom stereocenters. The molecule has 2 aromatic heterocycles. The first-order valence-electron chi connectivity index (χ1n) is 18.8. The van der Waals surface area contributed by atoms with Crippen LogP contribution in [0, 0.1) is 5.41 Å². The minimum Gasteiger partial charge on any atom is -0.493 e. The number of aromatic nitrogens is 2. The van der Waals surface area contributed by atoms with E-state index in [0.29, 0.717) is 40.2 Å². The first kappa shape index (κ1) is 35.1. The molecule has 0 bridgehead atoms. The van der Waals surface area contributed by atoms with Crippen LogP contribution in [-0.2, 0) is 6.54 Å². The number of fused-ring (bicyclic) bond motifs is 1. The monoisotopic (exact) mass is 717 g/mol. The fourth-order valence-corrected chi connectivity index (χ4v) is 9.02. The number of hydrogen-bond acceptors (Lipinski definition) is 8. The van der Waals surface area contributed by atoms with Crippen molar-refractivity contribution in [2.75, 3.05) is 44.7 Å². The van der Waals surface area contributed by atoms with E-state index in [1.165, 1.54) is 31.1 Å². The summed E-state index contributed by atoms with van der Waals surface area (Å²) in [7, 11) is 1.52. The maximum absolute atomic E-state index is 13.3. The summed E-state index contributed by atoms with van der Waals surface area (Å²) in [4.78, 5) is 31.3. The molecule has 3 fully saturated rings. The number of aldehydes is 1. The highest BCUT2D eigenvalue weighted by Crippen LogP contribution is 2.53. The number of carbonyl (C=O) groups is 1. The highest BCUT2D eigenvalue weighted by molar-refractivity contribution is 5.81. The number of nitrogens with one attached hydrogen (secondary N) is 1. The number of nitrogens with zero attached hydrogens (tertiary/aromatic N) is 4. The Morgan fingerprint density at radius 1 is 0.962 bits per heavy atom. The number of carbonyl (C=O) groups excluding carboxylic acids is 1. The fraction of sp³-hybridized carbons (Fsp3) is 0.395. The van der Waals surface area contributed by atoms with Crippen LogP contribution < -0.4 is 19.3 Å². The molecule has 53 heavy (non-hydrogen) atoms. The lowest BCUT2D eigenvalue weighted by Gasteiger charge is -2.58. The number of pyridine rings is 1. The van der Waals surface area contributed by atoms with Crippen LogP contribution in [0.4, 0.5) is 10.2 Å². The Morgan fingerprint density at radius 2 is 1.79 bits per heavy atom. The molecule has 0 amide bonds. The van der Waals surface area contributed by atoms with Crippen LogP contribution in [-0.4, -0.2) is 71.9 Å². The SMILES string of the molecule is COc1ccc(CN2CCN(C3CC4(CCN(c5ccc(C=O)c(Oc6cnc7[nH]ccc7c6)c5)CC4)C3)C(c3ccccc3C(C)C)C2)cc1OF. The number of H-pyrrole nitrogens is 1. The molecule has 0 radical (unpaired) electrons. The molecular weight excluding hydrogens is 670 g/mol. The van der Waals surface area contributed by atoms with E-state index in [9.17, 15) is 9.32 Å². The van der Waals surface area contributed by atoms with Crippen molar-refractivity contribution in [2.24, 2.45) is 5.41 Å². The number of piperidine rings is 1. The minimum atomic E-state index is 0.117. The lowest BCUT2D eigenvalue weighted by Crippen LogP contribution is -2.60. The first-order valence-corrected chi connectivity index (χ1v) is 18.8. The number of piperazine rings is 1. The van der Waals surface area contributed by atoms with Crippen molar-refractivity contribution in [1.82, 2.24) is 19.8 Å². The molecule has 5 aromatic rings. The van der Waals surface area contributed by atoms with Gasteiger partial charge in [-0.2, -0.15) is 0 Å². The molecule has 10 heteroatoms. The Labute approximate surface area is 310 Å². The van der Waals surface area contributed by atoms with E-state index in [1.807, 2.05) is 42.6 Å². The van der Waals surface area contributed by atoms with Gasteiger partial charge < -0.3 is 19.4 Å². The number of benzene rings is 3. The molecule has 276 valence electrons. The second-order valence-electron chi connectivity index (χ2n) is 15.4. The number of aromatic amines is 1. The molecule has 2 aliphatic heterocycles. The van der Waals surface area contributed by atoms with Crippen molar-refractivity contribution in [3.8, 4) is 23.0 Å². The van der Waals surface area contributed by atoms with Gasteiger partial charge in [-0.1, -0.05) is 44.2 Å². The Balaban J connectivity index is 0.943. The summed E-state index contributed by atoms with van der Waals surface area (Å²) in [5.74, 6) is 2.09. The van der Waals surface area contributed by atoms with E-state index < -0.39 is 0 Å². The molecule has 1 aliphatic carbocycles. The van der Waals surface area contributed by atoms with Gasteiger partial charge in [-0.15, -0.1) is 0 Å². The summed E-state index contributed by atoms with van der Waals surface area (Å²) in [5, 5.41) is 0.959. The van der Waals surface area contributed by atoms with Crippen LogP contribution in [0.25, 0.3) is 11.0 Å². The van der Waals surface area contributed by atoms with Gasteiger partial charge in [0.05, 0.1) is 18.9 Å². The second-order valence-corrected chi connectivity index (χ2v) is 15.4. The third-order valence-corrected chi connectivity index (χ3v) is 11.9. The van der Waals surface area contributed by atoms with Gasteiger partial charge in [0.2, 0.25) is 5.75 Å². The van der Waals surface area contributed by atoms with Crippen molar-refractivity contribution < 1.29 is 23.7 Å². The van der Waals surface area contributed by atoms with Crippen LogP contribution in [0.3, 0.4) is 0 Å². The van der Waals surface area contributed by atoms with Crippen molar-refractivity contribution in [1.29, 1.82) is 0 Å². The topological polar surface area (TPSA) is 83.2 Å². The standard InChI is InChI=1S/C43H48FN5O4/c1-29(2)36-6-4-5-7-37(36)38-27-47(26-30-8-11-39(51-3)41(20-30)53-44)18-19-49(38)34-23-43(24-34)13-16-48(17-14-43)33-10-9-32(28-50)40(22-33)52-35-21-31-12-15-45-42(31)46-25-35/h4-12,15,20-22,25,28-29,34,38H,13-14,16-19,23-24,26-27H2,1-3H3,(H,45,46). The highest BCUT2D eigenvalue weighted by Gasteiger charge is 2.50. The molecule has 9 nitrogen and oxygen atoms in total. The van der Waals surface area contributed by atoms with E-state index in [4.69, 9.17) is 9.47 Å². The van der Waals surface area contributed by atoms with E-state index in [2.05, 4.69) is 67.7 Å². The largest absolute Gasteiger partial charge is 0.493 e. The summed E-state index contributed by atoms with van der Waals surface area (Å²) in [6.07, 6.45) is 9.10. The van der Waals surface area contributed by atoms with Crippen molar-refractivity contribution in [2.45, 2.75) is 64.1 Å². The van der Waals surface area contributed by atoms with Crippen molar-refractivity contribution in [3.05, 3.63) is 107 Å². The molecule has 1 N–H and O–H groups in total. The maximum Gasteiger partial charge on any atom is 0.213 e. The van der Waals surface area contributed by atoms with Crippen molar-refractivity contribution in [3.63, 3.8) is 0 Å². The van der Waals surface area contributed by atoms with Gasteiger partial charge in [-0.05, 0) is 90.1 Å². The quantitative estimate of drug-likeness (QED) is 0.136. The lowest BCUT2D eigenvalue weighted by atomic mass is 9.59. The third kappa shape index (κ3) is 7.10. The fourth-order valence-electron chi connectivity index (χ4n) is 9.02. The van der Waals surface area contributed by atoms with Gasteiger partial charge in [0.15, 0.2) is 12.0 Å². The van der Waals surface area contributed by atoms with Gasteiger partial charge in [-0.3, -0.25) is 19.5 Å². The average molecular weight is 718 g/mol. The first-order chi connectivity index (χ1) is 25.8. The smallest absolute Gasteiger partial charge is 0.213 e. The molecule has 1 spiro atoms. The Kier molecular flexibility index (Phi) is 9.83. The lowest BCUT2D eigenvalue weighted by molar-refractivity contribution is -0.0628. The number of methoxy groups -OCH3 is 1. The van der Waals surface area contributed by atoms with Crippen LogP contribution in [0.5, 0.6) is 23.0 Å². The number of rotatable bonds is 11. The van der Waals surface area contributed by atoms with Gasteiger partial charge in [0.25, 0.3) is 0 Å². The molecule has 4 heterocycles. The maximum atomic E-state index is 13.3. The summed E-state index contributed by atoms with van der Waals surface area (Å²) in [6, 6.07) is 25.1. The zero-order valence-corrected chi connectivity index (χ0v) is 30.8. The van der Waals surface area contributed by atoms with E-state index in [1.54, 1.807) is 18.3 Å². The molecule has 2 saturated heterocycles. The molecule has 8 rings (SSSR count). The van der Waals surface area contributed by atoms with Gasteiger partial charge in [0, 0.05) is 79.2 Å². The normalized spacial score (nSPS) is 19.4. The number of halogens is 1. The third-order valence-electron chi connectivity index (χ3n) is 11.9. The van der Waals surface area contributed by atoms with E-state index >= 15 is 0 Å². The van der Waals surface area contributed by atoms with Gasteiger partial charge in [0.1, 0.15) is 17.1 Å². The summed E-state index contributed by atoms with van der Waals surface area (Å²) >= 11 is 0. The molecule has 1 saturated carbocycles.